The molecule has 7 rings (SSSR count). The number of hydrogen-bond donors (Lipinski definition) is 0. The molecule has 0 saturated carbocycles. The van der Waals surface area contributed by atoms with Crippen LogP contribution >= 0.6 is 0 Å². The Hall–Kier alpha value is -3.64. The molecule has 0 saturated heterocycles. The molecule has 0 amide bonds. The molecule has 0 N–H and O–H groups in total. The number of fused-ring (bicyclic) bond motifs is 6. The zero-order valence-electron chi connectivity index (χ0n) is 20.1. The minimum absolute atomic E-state index is 0.155. The van der Waals surface area contributed by atoms with Gasteiger partial charge in [-0.2, -0.15) is 0 Å². The van der Waals surface area contributed by atoms with E-state index in [1.807, 2.05) is 0 Å². The molecule has 0 fully saturated rings. The molecule has 0 unspecified atom stereocenters. The van der Waals surface area contributed by atoms with E-state index in [9.17, 15) is 0 Å². The Balaban J connectivity index is 1.59. The second-order valence-corrected chi connectivity index (χ2v) is 11.0. The van der Waals surface area contributed by atoms with Gasteiger partial charge in [-0.1, -0.05) is 106 Å². The van der Waals surface area contributed by atoms with Crippen molar-refractivity contribution in [2.75, 3.05) is 0 Å². The lowest BCUT2D eigenvalue weighted by Gasteiger charge is -2.25. The fourth-order valence-corrected chi connectivity index (χ4v) is 6.16. The van der Waals surface area contributed by atoms with Gasteiger partial charge in [0.15, 0.2) is 0 Å². The van der Waals surface area contributed by atoms with Crippen molar-refractivity contribution >= 4 is 10.8 Å². The molecule has 0 radical (unpaired) electrons. The largest absolute Gasteiger partial charge is 0.0619 e. The first-order valence-electron chi connectivity index (χ1n) is 12.4. The summed E-state index contributed by atoms with van der Waals surface area (Å²) < 4.78 is 0. The first-order chi connectivity index (χ1) is 16.5. The highest BCUT2D eigenvalue weighted by atomic mass is 14.3. The van der Waals surface area contributed by atoms with Crippen LogP contribution in [0.2, 0.25) is 0 Å². The predicted octanol–water partition coefficient (Wildman–Crippen LogP) is 8.95. The van der Waals surface area contributed by atoms with E-state index < -0.39 is 0 Å². The lowest BCUT2D eigenvalue weighted by atomic mass is 9.78. The van der Waals surface area contributed by atoms with Crippen LogP contribution in [0, 0.1) is 0 Å². The summed E-state index contributed by atoms with van der Waals surface area (Å²) in [5.41, 5.74) is 15.7. The van der Waals surface area contributed by atoms with E-state index in [1.165, 1.54) is 72.0 Å². The van der Waals surface area contributed by atoms with Crippen LogP contribution in [0.3, 0.4) is 0 Å². The zero-order valence-corrected chi connectivity index (χ0v) is 20.1. The number of rotatable bonds is 1. The van der Waals surface area contributed by atoms with Crippen molar-refractivity contribution in [1.29, 1.82) is 0 Å². The van der Waals surface area contributed by atoms with Gasteiger partial charge in [-0.3, -0.25) is 0 Å². The second-order valence-electron chi connectivity index (χ2n) is 11.0. The van der Waals surface area contributed by atoms with Crippen LogP contribution in [0.25, 0.3) is 44.2 Å². The Bertz CT molecular complexity index is 1610. The van der Waals surface area contributed by atoms with E-state index in [1.54, 1.807) is 0 Å². The quantitative estimate of drug-likeness (QED) is 0.241. The molecule has 0 nitrogen and oxygen atoms in total. The first kappa shape index (κ1) is 19.8. The summed E-state index contributed by atoms with van der Waals surface area (Å²) in [6, 6.07) is 34.5. The van der Waals surface area contributed by atoms with Crippen LogP contribution < -0.4 is 0 Å². The molecule has 0 aliphatic heterocycles. The van der Waals surface area contributed by atoms with Crippen LogP contribution in [-0.2, 0) is 18.3 Å². The highest BCUT2D eigenvalue weighted by molar-refractivity contribution is 6.16. The maximum atomic E-state index is 2.49. The van der Waals surface area contributed by atoms with Gasteiger partial charge in [0.1, 0.15) is 0 Å². The van der Waals surface area contributed by atoms with Gasteiger partial charge in [0, 0.05) is 0 Å². The number of benzene rings is 5. The molecule has 0 aromatic heterocycles. The van der Waals surface area contributed by atoms with E-state index in [2.05, 4.69) is 112 Å². The normalized spacial score (nSPS) is 13.5. The van der Waals surface area contributed by atoms with Gasteiger partial charge >= 0.3 is 0 Å². The average molecular weight is 437 g/mol. The van der Waals surface area contributed by atoms with Crippen LogP contribution in [0.1, 0.15) is 48.6 Å². The average Bonchev–Trinajstić information content (AvgIpc) is 3.22. The predicted molar refractivity (Wildman–Crippen MR) is 145 cm³/mol. The Morgan fingerprint density at radius 2 is 1.15 bits per heavy atom. The molecule has 5 aromatic rings. The maximum Gasteiger partial charge on any atom is -0.00130 e. The summed E-state index contributed by atoms with van der Waals surface area (Å²) in [4.78, 5) is 0. The van der Waals surface area contributed by atoms with E-state index in [4.69, 9.17) is 0 Å². The lowest BCUT2D eigenvalue weighted by molar-refractivity contribution is 0.590. The minimum Gasteiger partial charge on any atom is -0.0619 e. The number of hydrogen-bond acceptors (Lipinski definition) is 0. The third-order valence-corrected chi connectivity index (χ3v) is 7.87. The van der Waals surface area contributed by atoms with Crippen LogP contribution in [0.4, 0.5) is 0 Å². The molecule has 2 aliphatic carbocycles. The highest BCUT2D eigenvalue weighted by Gasteiger charge is 2.28. The SMILES string of the molecule is CC(C)(C)c1ccc(-c2ccc3c4c(cc5c(c24)-c2ccccc2C5)-c2ccccc2C3)cc1. The molecule has 0 atom stereocenters. The van der Waals surface area contributed by atoms with Gasteiger partial charge in [-0.15, -0.1) is 0 Å². The van der Waals surface area contributed by atoms with Crippen molar-refractivity contribution in [3.63, 3.8) is 0 Å². The second kappa shape index (κ2) is 6.93. The molecule has 0 heterocycles. The zero-order chi connectivity index (χ0) is 23.0. The Labute approximate surface area is 201 Å². The van der Waals surface area contributed by atoms with Gasteiger partial charge in [-0.05, 0) is 96.3 Å². The van der Waals surface area contributed by atoms with Gasteiger partial charge < -0.3 is 0 Å². The van der Waals surface area contributed by atoms with Gasteiger partial charge in [-0.25, -0.2) is 0 Å². The van der Waals surface area contributed by atoms with Gasteiger partial charge in [0.25, 0.3) is 0 Å². The van der Waals surface area contributed by atoms with Crippen LogP contribution in [0.5, 0.6) is 0 Å². The summed E-state index contributed by atoms with van der Waals surface area (Å²) in [7, 11) is 0. The van der Waals surface area contributed by atoms with E-state index in [0.717, 1.165) is 12.8 Å². The molecule has 34 heavy (non-hydrogen) atoms. The van der Waals surface area contributed by atoms with Crippen molar-refractivity contribution in [1.82, 2.24) is 0 Å². The Morgan fingerprint density at radius 3 is 1.88 bits per heavy atom. The topological polar surface area (TPSA) is 0 Å². The van der Waals surface area contributed by atoms with Crippen LogP contribution in [0.15, 0.2) is 91.0 Å². The van der Waals surface area contributed by atoms with Crippen LogP contribution in [-0.4, -0.2) is 0 Å². The summed E-state index contributed by atoms with van der Waals surface area (Å²) in [6.07, 6.45) is 2.02. The van der Waals surface area contributed by atoms with Gasteiger partial charge in [0.2, 0.25) is 0 Å². The summed E-state index contributed by atoms with van der Waals surface area (Å²) in [5.74, 6) is 0. The molecule has 5 aromatic carbocycles. The minimum atomic E-state index is 0.155. The lowest BCUT2D eigenvalue weighted by Crippen LogP contribution is -2.10. The van der Waals surface area contributed by atoms with E-state index in [0.29, 0.717) is 0 Å². The third kappa shape index (κ3) is 2.78. The molecule has 0 spiro atoms. The summed E-state index contributed by atoms with van der Waals surface area (Å²) >= 11 is 0. The van der Waals surface area contributed by atoms with E-state index >= 15 is 0 Å². The third-order valence-electron chi connectivity index (χ3n) is 7.87. The molecule has 0 heteroatoms. The van der Waals surface area contributed by atoms with Crippen molar-refractivity contribution in [2.24, 2.45) is 0 Å². The summed E-state index contributed by atoms with van der Waals surface area (Å²) in [5, 5.41) is 2.89. The highest BCUT2D eigenvalue weighted by Crippen LogP contribution is 2.51. The molecular weight excluding hydrogens is 408 g/mol. The Morgan fingerprint density at radius 1 is 0.500 bits per heavy atom. The van der Waals surface area contributed by atoms with Crippen molar-refractivity contribution in [2.45, 2.75) is 39.0 Å². The van der Waals surface area contributed by atoms with Gasteiger partial charge in [0.05, 0.1) is 0 Å². The van der Waals surface area contributed by atoms with Crippen molar-refractivity contribution in [3.8, 4) is 33.4 Å². The Kier molecular flexibility index (Phi) is 4.04. The fraction of sp³-hybridized carbons (Fsp3) is 0.176. The monoisotopic (exact) mass is 436 g/mol. The maximum absolute atomic E-state index is 2.49. The standard InChI is InChI=1S/C34H28/c1-34(2,3)26-15-12-21(13-16-26)29-17-14-24-18-22-8-4-6-10-27(22)30-20-25-19-23-9-5-7-11-28(23)32(25)33(29)31(24)30/h4-17,20H,18-19H2,1-3H3. The summed E-state index contributed by atoms with van der Waals surface area (Å²) in [6.45, 7) is 6.85. The van der Waals surface area contributed by atoms with E-state index in [-0.39, 0.29) is 5.41 Å². The van der Waals surface area contributed by atoms with Crippen molar-refractivity contribution in [3.05, 3.63) is 119 Å². The molecular formula is C34H28. The fourth-order valence-electron chi connectivity index (χ4n) is 6.16. The molecule has 164 valence electrons. The molecule has 0 bridgehead atoms. The molecule has 2 aliphatic rings. The first-order valence-corrected chi connectivity index (χ1v) is 12.4. The smallest absolute Gasteiger partial charge is 0.00130 e. The van der Waals surface area contributed by atoms with Crippen molar-refractivity contribution < 1.29 is 0 Å².